The molecule has 0 unspecified atom stereocenters. The predicted octanol–water partition coefficient (Wildman–Crippen LogP) is 2.26. The monoisotopic (exact) mass is 262 g/mol. The summed E-state index contributed by atoms with van der Waals surface area (Å²) in [7, 11) is 1.68. The third kappa shape index (κ3) is 3.96. The topological polar surface area (TPSA) is 41.6 Å². The van der Waals surface area contributed by atoms with Gasteiger partial charge in [-0.15, -0.1) is 0 Å². The number of hydrogen-bond donors (Lipinski definition) is 1. The number of likely N-dealkylation sites (N-methyl/N-ethyl adjacent to an activating group) is 1. The van der Waals surface area contributed by atoms with E-state index in [4.69, 9.17) is 4.74 Å². The second-order valence-corrected chi connectivity index (χ2v) is 4.90. The van der Waals surface area contributed by atoms with E-state index in [0.717, 1.165) is 30.6 Å². The molecule has 1 fully saturated rings. The van der Waals surface area contributed by atoms with Crippen molar-refractivity contribution >= 4 is 11.6 Å². The van der Waals surface area contributed by atoms with Crippen LogP contribution in [-0.2, 0) is 16.1 Å². The molecule has 1 saturated carbocycles. The van der Waals surface area contributed by atoms with Crippen molar-refractivity contribution in [3.63, 3.8) is 0 Å². The van der Waals surface area contributed by atoms with E-state index in [2.05, 4.69) is 5.32 Å². The SMILES string of the molecule is CCN(C(=O)CNc1cccc(COC)c1)C1CC1. The van der Waals surface area contributed by atoms with E-state index in [1.54, 1.807) is 7.11 Å². The molecule has 0 aliphatic heterocycles. The van der Waals surface area contributed by atoms with Crippen LogP contribution in [0.15, 0.2) is 24.3 Å². The standard InChI is InChI=1S/C15H22N2O2/c1-3-17(14-7-8-14)15(18)10-16-13-6-4-5-12(9-13)11-19-2/h4-6,9,14,16H,3,7-8,10-11H2,1-2H3. The number of methoxy groups -OCH3 is 1. The Balaban J connectivity index is 1.87. The number of carbonyl (C=O) groups is 1. The van der Waals surface area contributed by atoms with E-state index in [1.165, 1.54) is 0 Å². The number of anilines is 1. The lowest BCUT2D eigenvalue weighted by atomic mass is 10.2. The fourth-order valence-corrected chi connectivity index (χ4v) is 2.24. The minimum absolute atomic E-state index is 0.183. The van der Waals surface area contributed by atoms with Crippen LogP contribution in [-0.4, -0.2) is 37.0 Å². The van der Waals surface area contributed by atoms with Gasteiger partial charge in [0.05, 0.1) is 13.2 Å². The van der Waals surface area contributed by atoms with Crippen molar-refractivity contribution in [3.05, 3.63) is 29.8 Å². The minimum Gasteiger partial charge on any atom is -0.380 e. The summed E-state index contributed by atoms with van der Waals surface area (Å²) >= 11 is 0. The van der Waals surface area contributed by atoms with Crippen molar-refractivity contribution in [2.75, 3.05) is 25.5 Å². The van der Waals surface area contributed by atoms with Gasteiger partial charge in [-0.05, 0) is 37.5 Å². The number of nitrogens with zero attached hydrogens (tertiary/aromatic N) is 1. The molecule has 0 aromatic heterocycles. The van der Waals surface area contributed by atoms with Crippen LogP contribution < -0.4 is 5.32 Å². The van der Waals surface area contributed by atoms with Gasteiger partial charge in [-0.25, -0.2) is 0 Å². The van der Waals surface area contributed by atoms with Gasteiger partial charge in [0.25, 0.3) is 0 Å². The van der Waals surface area contributed by atoms with E-state index < -0.39 is 0 Å². The highest BCUT2D eigenvalue weighted by Gasteiger charge is 2.30. The van der Waals surface area contributed by atoms with Gasteiger partial charge in [-0.1, -0.05) is 12.1 Å². The van der Waals surface area contributed by atoms with Crippen LogP contribution in [0.5, 0.6) is 0 Å². The number of carbonyl (C=O) groups excluding carboxylic acids is 1. The quantitative estimate of drug-likeness (QED) is 0.819. The van der Waals surface area contributed by atoms with Crippen molar-refractivity contribution < 1.29 is 9.53 Å². The summed E-state index contributed by atoms with van der Waals surface area (Å²) in [5, 5.41) is 3.19. The number of amides is 1. The summed E-state index contributed by atoms with van der Waals surface area (Å²) in [6.45, 7) is 3.79. The Morgan fingerprint density at radius 1 is 1.47 bits per heavy atom. The van der Waals surface area contributed by atoms with E-state index in [0.29, 0.717) is 19.2 Å². The molecule has 2 rings (SSSR count). The first-order chi connectivity index (χ1) is 9.24. The molecule has 1 aromatic carbocycles. The third-order valence-corrected chi connectivity index (χ3v) is 3.33. The second-order valence-electron chi connectivity index (χ2n) is 4.90. The highest BCUT2D eigenvalue weighted by atomic mass is 16.5. The largest absolute Gasteiger partial charge is 0.380 e. The summed E-state index contributed by atoms with van der Waals surface area (Å²) in [5.74, 6) is 0.183. The molecule has 0 bridgehead atoms. The zero-order valence-electron chi connectivity index (χ0n) is 11.7. The molecular formula is C15H22N2O2. The number of ether oxygens (including phenoxy) is 1. The van der Waals surface area contributed by atoms with Crippen molar-refractivity contribution in [2.24, 2.45) is 0 Å². The van der Waals surface area contributed by atoms with Crippen LogP contribution >= 0.6 is 0 Å². The smallest absolute Gasteiger partial charge is 0.242 e. The molecule has 0 radical (unpaired) electrons. The highest BCUT2D eigenvalue weighted by molar-refractivity contribution is 5.81. The van der Waals surface area contributed by atoms with E-state index >= 15 is 0 Å². The average molecular weight is 262 g/mol. The van der Waals surface area contributed by atoms with Crippen LogP contribution in [0.25, 0.3) is 0 Å². The zero-order chi connectivity index (χ0) is 13.7. The molecular weight excluding hydrogens is 240 g/mol. The van der Waals surface area contributed by atoms with Gasteiger partial charge >= 0.3 is 0 Å². The first kappa shape index (κ1) is 13.9. The van der Waals surface area contributed by atoms with Crippen LogP contribution in [0, 0.1) is 0 Å². The van der Waals surface area contributed by atoms with Crippen LogP contribution in [0.1, 0.15) is 25.3 Å². The molecule has 1 aliphatic carbocycles. The Morgan fingerprint density at radius 3 is 2.89 bits per heavy atom. The molecule has 1 amide bonds. The summed E-state index contributed by atoms with van der Waals surface area (Å²) in [6, 6.07) is 8.46. The Labute approximate surface area is 114 Å². The molecule has 0 saturated heterocycles. The summed E-state index contributed by atoms with van der Waals surface area (Å²) in [5.41, 5.74) is 2.07. The molecule has 0 atom stereocenters. The number of rotatable bonds is 7. The fourth-order valence-electron chi connectivity index (χ4n) is 2.24. The molecule has 4 heteroatoms. The Hall–Kier alpha value is -1.55. The predicted molar refractivity (Wildman–Crippen MR) is 76.1 cm³/mol. The maximum absolute atomic E-state index is 12.1. The molecule has 1 aliphatic rings. The Kier molecular flexibility index (Phi) is 4.80. The minimum atomic E-state index is 0.183. The lowest BCUT2D eigenvalue weighted by Crippen LogP contribution is -2.37. The molecule has 104 valence electrons. The van der Waals surface area contributed by atoms with E-state index in [9.17, 15) is 4.79 Å². The molecule has 0 spiro atoms. The number of nitrogens with one attached hydrogen (secondary N) is 1. The lowest BCUT2D eigenvalue weighted by molar-refractivity contribution is -0.129. The maximum Gasteiger partial charge on any atom is 0.242 e. The molecule has 4 nitrogen and oxygen atoms in total. The van der Waals surface area contributed by atoms with E-state index in [-0.39, 0.29) is 5.91 Å². The van der Waals surface area contributed by atoms with E-state index in [1.807, 2.05) is 36.1 Å². The fraction of sp³-hybridized carbons (Fsp3) is 0.533. The van der Waals surface area contributed by atoms with Crippen molar-refractivity contribution in [1.29, 1.82) is 0 Å². The van der Waals surface area contributed by atoms with Gasteiger partial charge < -0.3 is 15.0 Å². The van der Waals surface area contributed by atoms with Gasteiger partial charge in [0.15, 0.2) is 0 Å². The molecule has 1 aromatic rings. The highest BCUT2D eigenvalue weighted by Crippen LogP contribution is 2.26. The Morgan fingerprint density at radius 2 is 2.26 bits per heavy atom. The van der Waals surface area contributed by atoms with Crippen molar-refractivity contribution in [3.8, 4) is 0 Å². The molecule has 1 N–H and O–H groups in total. The summed E-state index contributed by atoms with van der Waals surface area (Å²) < 4.78 is 5.10. The number of benzene rings is 1. The van der Waals surface area contributed by atoms with Gasteiger partial charge in [0, 0.05) is 25.4 Å². The zero-order valence-corrected chi connectivity index (χ0v) is 11.7. The second kappa shape index (κ2) is 6.57. The summed E-state index contributed by atoms with van der Waals surface area (Å²) in [4.78, 5) is 14.0. The average Bonchev–Trinajstić information content (AvgIpc) is 3.23. The van der Waals surface area contributed by atoms with Gasteiger partial charge in [0.2, 0.25) is 5.91 Å². The van der Waals surface area contributed by atoms with Gasteiger partial charge in [0.1, 0.15) is 0 Å². The van der Waals surface area contributed by atoms with Crippen LogP contribution in [0.2, 0.25) is 0 Å². The third-order valence-electron chi connectivity index (χ3n) is 3.33. The van der Waals surface area contributed by atoms with Crippen LogP contribution in [0.3, 0.4) is 0 Å². The van der Waals surface area contributed by atoms with Gasteiger partial charge in [-0.3, -0.25) is 4.79 Å². The summed E-state index contributed by atoms with van der Waals surface area (Å²) in [6.07, 6.45) is 2.31. The Bertz CT molecular complexity index is 430. The van der Waals surface area contributed by atoms with Crippen molar-refractivity contribution in [2.45, 2.75) is 32.4 Å². The maximum atomic E-state index is 12.1. The lowest BCUT2D eigenvalue weighted by Gasteiger charge is -2.20. The van der Waals surface area contributed by atoms with Gasteiger partial charge in [-0.2, -0.15) is 0 Å². The molecule has 0 heterocycles. The van der Waals surface area contributed by atoms with Crippen molar-refractivity contribution in [1.82, 2.24) is 4.90 Å². The number of hydrogen-bond acceptors (Lipinski definition) is 3. The normalized spacial score (nSPS) is 14.2. The first-order valence-corrected chi connectivity index (χ1v) is 6.85. The first-order valence-electron chi connectivity index (χ1n) is 6.85. The molecule has 19 heavy (non-hydrogen) atoms. The van der Waals surface area contributed by atoms with Crippen LogP contribution in [0.4, 0.5) is 5.69 Å².